The highest BCUT2D eigenvalue weighted by Gasteiger charge is 2.37. The topological polar surface area (TPSA) is 191 Å². The number of fused-ring (bicyclic) bond motifs is 1. The summed E-state index contributed by atoms with van der Waals surface area (Å²) in [5.41, 5.74) is 0.841. The molecule has 15 heteroatoms. The van der Waals surface area contributed by atoms with Crippen LogP contribution in [0.1, 0.15) is 37.4 Å². The largest absolute Gasteiger partial charge is 0.478 e. The van der Waals surface area contributed by atoms with Crippen molar-refractivity contribution < 1.29 is 47.2 Å². The van der Waals surface area contributed by atoms with E-state index in [0.29, 0.717) is 50.0 Å². The molecule has 3 N–H and O–H groups in total. The Kier molecular flexibility index (Phi) is 7.98. The third-order valence-electron chi connectivity index (χ3n) is 6.36. The average Bonchev–Trinajstić information content (AvgIpc) is 3.72. The zero-order valence-corrected chi connectivity index (χ0v) is 22.5. The summed E-state index contributed by atoms with van der Waals surface area (Å²) in [5.74, 6) is -4.12. The number of carboxylic acids is 2. The first-order chi connectivity index (χ1) is 19.1. The van der Waals surface area contributed by atoms with E-state index in [1.807, 2.05) is 0 Å². The number of amides is 1. The number of rotatable bonds is 11. The number of hydrogen-bond acceptors (Lipinski definition) is 11. The molecule has 1 aliphatic carbocycles. The van der Waals surface area contributed by atoms with E-state index in [2.05, 4.69) is 15.3 Å². The number of carboxylic acid groups (broad SMARTS) is 2. The number of nitrogens with zero attached hydrogens (tertiary/aromatic N) is 2. The molecule has 1 unspecified atom stereocenters. The fourth-order valence-electron chi connectivity index (χ4n) is 4.12. The Morgan fingerprint density at radius 1 is 0.975 bits per heavy atom. The first kappa shape index (κ1) is 27.9. The predicted octanol–water partition coefficient (Wildman–Crippen LogP) is 2.42. The van der Waals surface area contributed by atoms with Gasteiger partial charge in [-0.25, -0.2) is 28.0 Å². The summed E-state index contributed by atoms with van der Waals surface area (Å²) in [6.45, 7) is 0.992. The SMILES string of the molecule is O=C(O)C(Oc1ccc2nc(NC(=O)C(OC3CCOCC3)c3ccc(S(=O)(=O)C4CC4)cc3)sc2n1)C(=O)O. The number of sulfone groups is 1. The van der Waals surface area contributed by atoms with E-state index < -0.39 is 39.9 Å². The molecule has 0 spiro atoms. The smallest absolute Gasteiger partial charge is 0.356 e. The van der Waals surface area contributed by atoms with Crippen LogP contribution < -0.4 is 10.1 Å². The molecule has 2 fully saturated rings. The van der Waals surface area contributed by atoms with Crippen LogP contribution in [-0.4, -0.2) is 77.1 Å². The molecule has 5 rings (SSSR count). The third kappa shape index (κ3) is 6.22. The summed E-state index contributed by atoms with van der Waals surface area (Å²) in [6, 6.07) is 8.86. The summed E-state index contributed by atoms with van der Waals surface area (Å²) in [5, 5.41) is 20.6. The molecule has 1 saturated heterocycles. The number of carbonyl (C=O) groups excluding carboxylic acids is 1. The van der Waals surface area contributed by atoms with Crippen molar-refractivity contribution >= 4 is 54.5 Å². The van der Waals surface area contributed by atoms with Crippen molar-refractivity contribution in [3.05, 3.63) is 42.0 Å². The quantitative estimate of drug-likeness (QED) is 0.276. The molecule has 13 nitrogen and oxygen atoms in total. The fraction of sp³-hybridized carbons (Fsp3) is 0.400. The van der Waals surface area contributed by atoms with Gasteiger partial charge in [0.1, 0.15) is 10.3 Å². The lowest BCUT2D eigenvalue weighted by Crippen LogP contribution is -2.35. The summed E-state index contributed by atoms with van der Waals surface area (Å²) >= 11 is 0.974. The van der Waals surface area contributed by atoms with E-state index in [9.17, 15) is 22.8 Å². The maximum atomic E-state index is 13.4. The molecule has 2 aliphatic rings. The maximum absolute atomic E-state index is 13.4. The van der Waals surface area contributed by atoms with Crippen molar-refractivity contribution in [2.24, 2.45) is 0 Å². The van der Waals surface area contributed by atoms with Crippen molar-refractivity contribution in [1.29, 1.82) is 0 Å². The van der Waals surface area contributed by atoms with Crippen LogP contribution in [0.25, 0.3) is 10.3 Å². The Bertz CT molecular complexity index is 1520. The highest BCUT2D eigenvalue weighted by Crippen LogP contribution is 2.35. The van der Waals surface area contributed by atoms with Gasteiger partial charge in [-0.2, -0.15) is 0 Å². The van der Waals surface area contributed by atoms with E-state index in [1.54, 1.807) is 12.1 Å². The van der Waals surface area contributed by atoms with Crippen LogP contribution in [-0.2, 0) is 33.7 Å². The van der Waals surface area contributed by atoms with Crippen molar-refractivity contribution in [3.63, 3.8) is 0 Å². The Hall–Kier alpha value is -3.66. The standard InChI is InChI=1S/C25H25N3O10S2/c29-21(28-25-26-17-7-8-18(27-22(17)39-25)38-20(23(30)31)24(32)33)19(37-14-9-11-36-12-10-14)13-1-3-15(4-2-13)40(34,35)16-5-6-16/h1-4,7-8,14,16,19-20H,5-6,9-12H2,(H,30,31)(H,32,33)(H,26,28,29). The van der Waals surface area contributed by atoms with E-state index >= 15 is 0 Å². The number of anilines is 1. The third-order valence-corrected chi connectivity index (χ3v) is 9.52. The Morgan fingerprint density at radius 3 is 2.27 bits per heavy atom. The molecule has 1 aliphatic heterocycles. The second-order valence-corrected chi connectivity index (χ2v) is 12.5. The Balaban J connectivity index is 1.36. The van der Waals surface area contributed by atoms with Gasteiger partial charge in [-0.15, -0.1) is 0 Å². The lowest BCUT2D eigenvalue weighted by Gasteiger charge is -2.27. The van der Waals surface area contributed by atoms with Gasteiger partial charge in [-0.3, -0.25) is 10.1 Å². The van der Waals surface area contributed by atoms with Crippen LogP contribution in [0.3, 0.4) is 0 Å². The summed E-state index contributed by atoms with van der Waals surface area (Å²) in [6.07, 6.45) is -0.956. The van der Waals surface area contributed by atoms with Gasteiger partial charge in [0.2, 0.25) is 5.88 Å². The number of thiazole rings is 1. The molecule has 1 amide bonds. The van der Waals surface area contributed by atoms with Gasteiger partial charge >= 0.3 is 11.9 Å². The first-order valence-corrected chi connectivity index (χ1v) is 14.8. The van der Waals surface area contributed by atoms with Gasteiger partial charge in [0, 0.05) is 19.3 Å². The number of aromatic nitrogens is 2. The fourth-order valence-corrected chi connectivity index (χ4v) is 6.61. The van der Waals surface area contributed by atoms with Gasteiger partial charge in [-0.05, 0) is 49.4 Å². The molecular formula is C25H25N3O10S2. The normalized spacial score (nSPS) is 17.0. The van der Waals surface area contributed by atoms with Crippen LogP contribution in [0.15, 0.2) is 41.3 Å². The maximum Gasteiger partial charge on any atom is 0.356 e. The number of nitrogens with one attached hydrogen (secondary N) is 1. The average molecular weight is 592 g/mol. The van der Waals surface area contributed by atoms with Crippen LogP contribution >= 0.6 is 11.3 Å². The zero-order chi connectivity index (χ0) is 28.4. The lowest BCUT2D eigenvalue weighted by atomic mass is 10.1. The monoisotopic (exact) mass is 591 g/mol. The van der Waals surface area contributed by atoms with Crippen molar-refractivity contribution in [1.82, 2.24) is 9.97 Å². The van der Waals surface area contributed by atoms with E-state index in [4.69, 9.17) is 24.4 Å². The number of pyridine rings is 1. The van der Waals surface area contributed by atoms with Gasteiger partial charge < -0.3 is 24.4 Å². The molecule has 40 heavy (non-hydrogen) atoms. The highest BCUT2D eigenvalue weighted by molar-refractivity contribution is 7.92. The lowest BCUT2D eigenvalue weighted by molar-refractivity contribution is -0.159. The molecule has 1 atom stereocenters. The van der Waals surface area contributed by atoms with E-state index in [1.165, 1.54) is 24.3 Å². The van der Waals surface area contributed by atoms with Crippen molar-refractivity contribution in [2.45, 2.75) is 54.1 Å². The molecule has 1 aromatic carbocycles. The van der Waals surface area contributed by atoms with E-state index in [0.717, 1.165) is 11.3 Å². The van der Waals surface area contributed by atoms with E-state index in [-0.39, 0.29) is 32.1 Å². The Labute approximate surface area is 232 Å². The molecule has 212 valence electrons. The summed E-state index contributed by atoms with van der Waals surface area (Å²) in [4.78, 5) is 44.6. The second-order valence-electron chi connectivity index (χ2n) is 9.30. The molecule has 0 radical (unpaired) electrons. The molecule has 2 aromatic heterocycles. The Morgan fingerprint density at radius 2 is 1.65 bits per heavy atom. The zero-order valence-electron chi connectivity index (χ0n) is 20.9. The van der Waals surface area contributed by atoms with Gasteiger partial charge in [-0.1, -0.05) is 23.5 Å². The molecule has 1 saturated carbocycles. The minimum Gasteiger partial charge on any atom is -0.478 e. The molecule has 0 bridgehead atoms. The van der Waals surface area contributed by atoms with Gasteiger partial charge in [0.15, 0.2) is 21.1 Å². The minimum absolute atomic E-state index is 0.172. The number of benzene rings is 1. The molecule has 3 aromatic rings. The van der Waals surface area contributed by atoms with Crippen LogP contribution in [0.2, 0.25) is 0 Å². The predicted molar refractivity (Wildman–Crippen MR) is 140 cm³/mol. The summed E-state index contributed by atoms with van der Waals surface area (Å²) < 4.78 is 41.7. The van der Waals surface area contributed by atoms with Crippen LogP contribution in [0.4, 0.5) is 5.13 Å². The number of aliphatic carboxylic acids is 2. The number of carbonyl (C=O) groups is 3. The van der Waals surface area contributed by atoms with Gasteiger partial charge in [0.05, 0.1) is 16.2 Å². The first-order valence-electron chi connectivity index (χ1n) is 12.4. The number of ether oxygens (including phenoxy) is 3. The van der Waals surface area contributed by atoms with Crippen LogP contribution in [0, 0.1) is 0 Å². The summed E-state index contributed by atoms with van der Waals surface area (Å²) in [7, 11) is -3.39. The van der Waals surface area contributed by atoms with Gasteiger partial charge in [0.25, 0.3) is 12.0 Å². The highest BCUT2D eigenvalue weighted by atomic mass is 32.2. The molecular weight excluding hydrogens is 566 g/mol. The number of hydrogen-bond donors (Lipinski definition) is 3. The van der Waals surface area contributed by atoms with Crippen molar-refractivity contribution in [2.75, 3.05) is 18.5 Å². The van der Waals surface area contributed by atoms with Crippen molar-refractivity contribution in [3.8, 4) is 5.88 Å². The second kappa shape index (κ2) is 11.4. The molecule has 3 heterocycles. The minimum atomic E-state index is -3.39. The van der Waals surface area contributed by atoms with Crippen LogP contribution in [0.5, 0.6) is 5.88 Å².